The molecule has 2 atom stereocenters. The highest BCUT2D eigenvalue weighted by Crippen LogP contribution is 2.40. The molecule has 0 aliphatic heterocycles. The van der Waals surface area contributed by atoms with Crippen LogP contribution < -0.4 is 10.6 Å². The van der Waals surface area contributed by atoms with Crippen molar-refractivity contribution >= 4 is 34.1 Å². The first-order valence-electron chi connectivity index (χ1n) is 8.43. The van der Waals surface area contributed by atoms with Crippen molar-refractivity contribution in [2.24, 2.45) is 11.8 Å². The summed E-state index contributed by atoms with van der Waals surface area (Å²) in [4.78, 5) is 29.0. The molecule has 2 unspecified atom stereocenters. The molecule has 1 fully saturated rings. The van der Waals surface area contributed by atoms with Crippen LogP contribution in [-0.4, -0.2) is 16.8 Å². The average Bonchev–Trinajstić information content (AvgIpc) is 3.45. The summed E-state index contributed by atoms with van der Waals surface area (Å²) in [7, 11) is 0. The van der Waals surface area contributed by atoms with Crippen LogP contribution in [-0.2, 0) is 9.59 Å². The van der Waals surface area contributed by atoms with Gasteiger partial charge in [-0.15, -0.1) is 0 Å². The number of rotatable bonds is 4. The van der Waals surface area contributed by atoms with Crippen LogP contribution in [0.3, 0.4) is 0 Å². The number of hydrogen-bond donors (Lipinski definition) is 2. The zero-order valence-electron chi connectivity index (χ0n) is 14.1. The highest BCUT2D eigenvalue weighted by molar-refractivity contribution is 6.06. The topological polar surface area (TPSA) is 71.1 Å². The van der Waals surface area contributed by atoms with Crippen molar-refractivity contribution in [3.05, 3.63) is 66.4 Å². The molecule has 2 amide bonds. The van der Waals surface area contributed by atoms with Crippen LogP contribution in [0.15, 0.2) is 54.7 Å². The molecular formula is C20H15F2N3O2. The SMILES string of the molecule is O=C(Nc1ccc(F)cc1F)C1CC1C(=O)Nc1cccc2cccnc12. The molecular weight excluding hydrogens is 352 g/mol. The molecule has 0 bridgehead atoms. The number of para-hydroxylation sites is 1. The predicted molar refractivity (Wildman–Crippen MR) is 97.0 cm³/mol. The van der Waals surface area contributed by atoms with Crippen LogP contribution >= 0.6 is 0 Å². The summed E-state index contributed by atoms with van der Waals surface area (Å²) in [6.07, 6.45) is 2.02. The van der Waals surface area contributed by atoms with Gasteiger partial charge in [0.05, 0.1) is 28.7 Å². The first-order chi connectivity index (χ1) is 13.0. The second kappa shape index (κ2) is 6.75. The second-order valence-electron chi connectivity index (χ2n) is 6.43. The number of anilines is 2. The van der Waals surface area contributed by atoms with Crippen LogP contribution in [0.25, 0.3) is 10.9 Å². The molecule has 1 aliphatic rings. The Morgan fingerprint density at radius 1 is 0.926 bits per heavy atom. The third-order valence-corrected chi connectivity index (χ3v) is 4.54. The van der Waals surface area contributed by atoms with Gasteiger partial charge in [0.2, 0.25) is 11.8 Å². The van der Waals surface area contributed by atoms with Gasteiger partial charge >= 0.3 is 0 Å². The number of fused-ring (bicyclic) bond motifs is 1. The molecule has 0 spiro atoms. The van der Waals surface area contributed by atoms with E-state index in [-0.39, 0.29) is 11.6 Å². The number of nitrogens with zero attached hydrogens (tertiary/aromatic N) is 1. The summed E-state index contributed by atoms with van der Waals surface area (Å²) in [6.45, 7) is 0. The second-order valence-corrected chi connectivity index (χ2v) is 6.43. The molecule has 2 aromatic carbocycles. The zero-order valence-corrected chi connectivity index (χ0v) is 14.1. The van der Waals surface area contributed by atoms with Gasteiger partial charge in [-0.2, -0.15) is 0 Å². The van der Waals surface area contributed by atoms with Crippen molar-refractivity contribution in [1.29, 1.82) is 0 Å². The van der Waals surface area contributed by atoms with Gasteiger partial charge < -0.3 is 10.6 Å². The van der Waals surface area contributed by atoms with Gasteiger partial charge in [0.1, 0.15) is 11.6 Å². The summed E-state index contributed by atoms with van der Waals surface area (Å²) in [5.74, 6) is -3.36. The lowest BCUT2D eigenvalue weighted by Gasteiger charge is -2.08. The van der Waals surface area contributed by atoms with Crippen LogP contribution in [0.1, 0.15) is 6.42 Å². The molecule has 1 aromatic heterocycles. The molecule has 136 valence electrons. The summed E-state index contributed by atoms with van der Waals surface area (Å²) >= 11 is 0. The minimum absolute atomic E-state index is 0.106. The monoisotopic (exact) mass is 367 g/mol. The largest absolute Gasteiger partial charge is 0.324 e. The minimum atomic E-state index is -0.855. The van der Waals surface area contributed by atoms with E-state index in [4.69, 9.17) is 0 Å². The molecule has 5 nitrogen and oxygen atoms in total. The van der Waals surface area contributed by atoms with E-state index in [2.05, 4.69) is 15.6 Å². The van der Waals surface area contributed by atoms with Crippen LogP contribution in [0, 0.1) is 23.5 Å². The van der Waals surface area contributed by atoms with Gasteiger partial charge in [0.15, 0.2) is 0 Å². The Morgan fingerprint density at radius 2 is 1.63 bits per heavy atom. The Morgan fingerprint density at radius 3 is 2.37 bits per heavy atom. The Hall–Kier alpha value is -3.35. The summed E-state index contributed by atoms with van der Waals surface area (Å²) in [5, 5.41) is 6.11. The molecule has 27 heavy (non-hydrogen) atoms. The maximum atomic E-state index is 13.6. The fourth-order valence-electron chi connectivity index (χ4n) is 3.02. The van der Waals surface area contributed by atoms with E-state index in [0.717, 1.165) is 17.5 Å². The highest BCUT2D eigenvalue weighted by Gasteiger charge is 2.48. The molecule has 1 heterocycles. The Kier molecular flexibility index (Phi) is 4.27. The van der Waals surface area contributed by atoms with E-state index in [1.54, 1.807) is 12.3 Å². The molecule has 3 aromatic rings. The van der Waals surface area contributed by atoms with Crippen molar-refractivity contribution in [3.8, 4) is 0 Å². The average molecular weight is 367 g/mol. The number of pyridine rings is 1. The van der Waals surface area contributed by atoms with E-state index < -0.39 is 29.4 Å². The van der Waals surface area contributed by atoms with Crippen LogP contribution in [0.4, 0.5) is 20.2 Å². The Balaban J connectivity index is 1.42. The predicted octanol–water partition coefficient (Wildman–Crippen LogP) is 3.73. The first-order valence-corrected chi connectivity index (χ1v) is 8.43. The maximum Gasteiger partial charge on any atom is 0.228 e. The lowest BCUT2D eigenvalue weighted by Crippen LogP contribution is -2.21. The molecule has 0 radical (unpaired) electrons. The van der Waals surface area contributed by atoms with Crippen molar-refractivity contribution in [1.82, 2.24) is 4.98 Å². The minimum Gasteiger partial charge on any atom is -0.324 e. The molecule has 1 aliphatic carbocycles. The number of aromatic nitrogens is 1. The standard InChI is InChI=1S/C20H15F2N3O2/c21-12-6-7-16(15(22)9-12)24-19(26)13-10-14(13)20(27)25-17-5-1-3-11-4-2-8-23-18(11)17/h1-9,13-14H,10H2,(H,24,26)(H,25,27). The van der Waals surface area contributed by atoms with Crippen LogP contribution in [0.5, 0.6) is 0 Å². The Bertz CT molecular complexity index is 1050. The number of halogens is 2. The number of carbonyl (C=O) groups is 2. The molecule has 4 rings (SSSR count). The van der Waals surface area contributed by atoms with E-state index in [0.29, 0.717) is 23.7 Å². The van der Waals surface area contributed by atoms with E-state index in [9.17, 15) is 18.4 Å². The van der Waals surface area contributed by atoms with E-state index in [1.807, 2.05) is 24.3 Å². The lowest BCUT2D eigenvalue weighted by molar-refractivity contribution is -0.122. The number of benzene rings is 2. The third kappa shape index (κ3) is 3.48. The number of hydrogen-bond acceptors (Lipinski definition) is 3. The molecule has 1 saturated carbocycles. The Labute approximate surface area is 153 Å². The zero-order chi connectivity index (χ0) is 19.0. The smallest absolute Gasteiger partial charge is 0.228 e. The maximum absolute atomic E-state index is 13.6. The van der Waals surface area contributed by atoms with Gasteiger partial charge in [0, 0.05) is 17.6 Å². The summed E-state index contributed by atoms with van der Waals surface area (Å²) in [5.41, 5.74) is 1.14. The fourth-order valence-corrected chi connectivity index (χ4v) is 3.02. The first kappa shape index (κ1) is 17.1. The van der Waals surface area contributed by atoms with Crippen molar-refractivity contribution in [2.75, 3.05) is 10.6 Å². The third-order valence-electron chi connectivity index (χ3n) is 4.54. The fraction of sp³-hybridized carbons (Fsp3) is 0.150. The van der Waals surface area contributed by atoms with Gasteiger partial charge in [0.25, 0.3) is 0 Å². The van der Waals surface area contributed by atoms with Gasteiger partial charge in [-0.05, 0) is 30.7 Å². The normalized spacial score (nSPS) is 18.1. The van der Waals surface area contributed by atoms with E-state index >= 15 is 0 Å². The summed E-state index contributed by atoms with van der Waals surface area (Å²) < 4.78 is 26.6. The van der Waals surface area contributed by atoms with Gasteiger partial charge in [-0.25, -0.2) is 8.78 Å². The lowest BCUT2D eigenvalue weighted by atomic mass is 10.2. The molecule has 7 heteroatoms. The summed E-state index contributed by atoms with van der Waals surface area (Å²) in [6, 6.07) is 12.1. The van der Waals surface area contributed by atoms with Crippen molar-refractivity contribution < 1.29 is 18.4 Å². The van der Waals surface area contributed by atoms with Gasteiger partial charge in [-0.3, -0.25) is 14.6 Å². The van der Waals surface area contributed by atoms with Crippen LogP contribution in [0.2, 0.25) is 0 Å². The quantitative estimate of drug-likeness (QED) is 0.738. The van der Waals surface area contributed by atoms with E-state index in [1.165, 1.54) is 0 Å². The molecule has 2 N–H and O–H groups in total. The highest BCUT2D eigenvalue weighted by atomic mass is 19.1. The number of amides is 2. The van der Waals surface area contributed by atoms with Crippen molar-refractivity contribution in [3.63, 3.8) is 0 Å². The number of nitrogens with one attached hydrogen (secondary N) is 2. The van der Waals surface area contributed by atoms with Crippen molar-refractivity contribution in [2.45, 2.75) is 6.42 Å². The molecule has 0 saturated heterocycles. The number of carbonyl (C=O) groups excluding carboxylic acids is 2. The van der Waals surface area contributed by atoms with Gasteiger partial charge in [-0.1, -0.05) is 18.2 Å².